The van der Waals surface area contributed by atoms with Crippen molar-refractivity contribution in [3.8, 4) is 0 Å². The van der Waals surface area contributed by atoms with Gasteiger partial charge in [0.05, 0.1) is 12.4 Å². The van der Waals surface area contributed by atoms with Crippen LogP contribution in [-0.4, -0.2) is 54.4 Å². The maximum absolute atomic E-state index is 11.9. The van der Waals surface area contributed by atoms with E-state index in [0.717, 1.165) is 6.54 Å². The standard InChI is InChI=1S/C10H15N5O3S/c1-2-14-5-12-13-8(14)3-11-10(18)15-6-19-4-7(15)9(16)17/h5,7H,2-4,6H2,1H3,(H,11,18)(H,16,17)/t7-/m0/s1. The molecule has 9 heteroatoms. The first-order valence-corrected chi connectivity index (χ1v) is 7.00. The summed E-state index contributed by atoms with van der Waals surface area (Å²) >= 11 is 1.43. The van der Waals surface area contributed by atoms with Crippen LogP contribution in [0.25, 0.3) is 0 Å². The Labute approximate surface area is 114 Å². The Balaban J connectivity index is 1.92. The number of aryl methyl sites for hydroxylation is 1. The highest BCUT2D eigenvalue weighted by atomic mass is 32.2. The maximum Gasteiger partial charge on any atom is 0.327 e. The predicted molar refractivity (Wildman–Crippen MR) is 68.5 cm³/mol. The molecule has 0 radical (unpaired) electrons. The van der Waals surface area contributed by atoms with E-state index in [2.05, 4.69) is 15.5 Å². The van der Waals surface area contributed by atoms with E-state index in [1.165, 1.54) is 16.7 Å². The van der Waals surface area contributed by atoms with E-state index in [9.17, 15) is 9.59 Å². The van der Waals surface area contributed by atoms with Crippen LogP contribution in [0.1, 0.15) is 12.7 Å². The number of carboxylic acid groups (broad SMARTS) is 1. The van der Waals surface area contributed by atoms with Crippen LogP contribution in [0.5, 0.6) is 0 Å². The SMILES string of the molecule is CCn1cnnc1CNC(=O)N1CSC[C@H]1C(=O)O. The highest BCUT2D eigenvalue weighted by Gasteiger charge is 2.34. The molecule has 2 heterocycles. The van der Waals surface area contributed by atoms with E-state index in [1.54, 1.807) is 6.33 Å². The molecule has 2 amide bonds. The van der Waals surface area contributed by atoms with Gasteiger partial charge in [0.1, 0.15) is 12.4 Å². The quantitative estimate of drug-likeness (QED) is 0.805. The third-order valence-electron chi connectivity index (χ3n) is 2.86. The van der Waals surface area contributed by atoms with Gasteiger partial charge in [-0.05, 0) is 6.92 Å². The molecule has 0 unspecified atom stereocenters. The summed E-state index contributed by atoms with van der Waals surface area (Å²) in [4.78, 5) is 24.2. The Morgan fingerprint density at radius 2 is 2.42 bits per heavy atom. The fourth-order valence-electron chi connectivity index (χ4n) is 1.78. The van der Waals surface area contributed by atoms with Crippen molar-refractivity contribution in [2.75, 3.05) is 11.6 Å². The molecule has 0 saturated carbocycles. The Morgan fingerprint density at radius 3 is 3.11 bits per heavy atom. The summed E-state index contributed by atoms with van der Waals surface area (Å²) in [5, 5.41) is 19.3. The monoisotopic (exact) mass is 285 g/mol. The molecule has 1 fully saturated rings. The molecular formula is C10H15N5O3S. The first-order valence-electron chi connectivity index (χ1n) is 5.85. The molecule has 1 aliphatic heterocycles. The zero-order valence-electron chi connectivity index (χ0n) is 10.4. The van der Waals surface area contributed by atoms with Gasteiger partial charge in [0.15, 0.2) is 5.82 Å². The second kappa shape index (κ2) is 5.91. The molecule has 1 atom stereocenters. The highest BCUT2D eigenvalue weighted by Crippen LogP contribution is 2.20. The molecule has 1 aromatic rings. The van der Waals surface area contributed by atoms with Crippen molar-refractivity contribution in [3.05, 3.63) is 12.2 Å². The molecule has 1 aromatic heterocycles. The molecule has 0 aliphatic carbocycles. The van der Waals surface area contributed by atoms with Gasteiger partial charge in [0, 0.05) is 12.3 Å². The van der Waals surface area contributed by atoms with Gasteiger partial charge in [-0.25, -0.2) is 9.59 Å². The zero-order chi connectivity index (χ0) is 13.8. The van der Waals surface area contributed by atoms with Crippen LogP contribution in [0.4, 0.5) is 4.79 Å². The first kappa shape index (κ1) is 13.7. The van der Waals surface area contributed by atoms with Gasteiger partial charge in [0.2, 0.25) is 0 Å². The first-order chi connectivity index (χ1) is 9.13. The summed E-state index contributed by atoms with van der Waals surface area (Å²) in [6.45, 7) is 2.90. The number of nitrogens with one attached hydrogen (secondary N) is 1. The number of thioether (sulfide) groups is 1. The second-order valence-corrected chi connectivity index (χ2v) is 5.02. The molecule has 104 valence electrons. The van der Waals surface area contributed by atoms with Crippen molar-refractivity contribution < 1.29 is 14.7 Å². The lowest BCUT2D eigenvalue weighted by atomic mass is 10.3. The third-order valence-corrected chi connectivity index (χ3v) is 3.87. The number of carbonyl (C=O) groups excluding carboxylic acids is 1. The minimum absolute atomic E-state index is 0.236. The molecule has 1 aliphatic rings. The number of aromatic nitrogens is 3. The number of amides is 2. The summed E-state index contributed by atoms with van der Waals surface area (Å²) < 4.78 is 1.81. The number of nitrogens with zero attached hydrogens (tertiary/aromatic N) is 4. The number of carboxylic acids is 1. The average molecular weight is 285 g/mol. The van der Waals surface area contributed by atoms with Gasteiger partial charge < -0.3 is 19.9 Å². The zero-order valence-corrected chi connectivity index (χ0v) is 11.3. The van der Waals surface area contributed by atoms with Crippen molar-refractivity contribution in [3.63, 3.8) is 0 Å². The fourth-order valence-corrected chi connectivity index (χ4v) is 2.93. The lowest BCUT2D eigenvalue weighted by molar-refractivity contribution is -0.140. The molecule has 2 N–H and O–H groups in total. The number of urea groups is 1. The van der Waals surface area contributed by atoms with Crippen molar-refractivity contribution in [1.82, 2.24) is 25.0 Å². The summed E-state index contributed by atoms with van der Waals surface area (Å²) in [5.41, 5.74) is 0. The number of hydrogen-bond acceptors (Lipinski definition) is 5. The summed E-state index contributed by atoms with van der Waals surface area (Å²) in [6.07, 6.45) is 1.59. The van der Waals surface area contributed by atoms with Gasteiger partial charge >= 0.3 is 12.0 Å². The lowest BCUT2D eigenvalue weighted by Gasteiger charge is -2.20. The van der Waals surface area contributed by atoms with Crippen LogP contribution in [0.2, 0.25) is 0 Å². The molecule has 19 heavy (non-hydrogen) atoms. The average Bonchev–Trinajstić information content (AvgIpc) is 3.04. The van der Waals surface area contributed by atoms with Crippen molar-refractivity contribution >= 4 is 23.8 Å². The minimum atomic E-state index is -0.975. The number of hydrogen-bond donors (Lipinski definition) is 2. The van der Waals surface area contributed by atoms with Gasteiger partial charge in [-0.2, -0.15) is 0 Å². The normalized spacial score (nSPS) is 18.6. The van der Waals surface area contributed by atoms with Crippen LogP contribution < -0.4 is 5.32 Å². The highest BCUT2D eigenvalue weighted by molar-refractivity contribution is 7.99. The molecule has 2 rings (SSSR count). The van der Waals surface area contributed by atoms with Gasteiger partial charge in [0.25, 0.3) is 0 Å². The molecule has 0 spiro atoms. The van der Waals surface area contributed by atoms with E-state index in [0.29, 0.717) is 17.5 Å². The van der Waals surface area contributed by atoms with E-state index in [4.69, 9.17) is 5.11 Å². The van der Waals surface area contributed by atoms with Crippen LogP contribution in [0.15, 0.2) is 6.33 Å². The van der Waals surface area contributed by atoms with Crippen LogP contribution >= 0.6 is 11.8 Å². The second-order valence-electron chi connectivity index (χ2n) is 4.02. The van der Waals surface area contributed by atoms with Crippen LogP contribution in [0, 0.1) is 0 Å². The summed E-state index contributed by atoms with van der Waals surface area (Å²) in [7, 11) is 0. The predicted octanol–water partition coefficient (Wildman–Crippen LogP) is -0.0329. The Kier molecular flexibility index (Phi) is 4.25. The molecular weight excluding hydrogens is 270 g/mol. The minimum Gasteiger partial charge on any atom is -0.480 e. The molecule has 0 bridgehead atoms. The van der Waals surface area contributed by atoms with Gasteiger partial charge in [-0.1, -0.05) is 0 Å². The lowest BCUT2D eigenvalue weighted by Crippen LogP contribution is -2.46. The topological polar surface area (TPSA) is 100 Å². The number of carbonyl (C=O) groups is 2. The van der Waals surface area contributed by atoms with Crippen molar-refractivity contribution in [1.29, 1.82) is 0 Å². The van der Waals surface area contributed by atoms with E-state index in [1.807, 2.05) is 11.5 Å². The van der Waals surface area contributed by atoms with E-state index < -0.39 is 12.0 Å². The van der Waals surface area contributed by atoms with Crippen LogP contribution in [-0.2, 0) is 17.9 Å². The maximum atomic E-state index is 11.9. The molecule has 1 saturated heterocycles. The molecule has 8 nitrogen and oxygen atoms in total. The Hall–Kier alpha value is -1.77. The van der Waals surface area contributed by atoms with Crippen molar-refractivity contribution in [2.45, 2.75) is 26.1 Å². The summed E-state index contributed by atoms with van der Waals surface area (Å²) in [6, 6.07) is -1.14. The Morgan fingerprint density at radius 1 is 1.63 bits per heavy atom. The summed E-state index contributed by atoms with van der Waals surface area (Å²) in [5.74, 6) is 0.489. The third kappa shape index (κ3) is 2.98. The number of aliphatic carboxylic acids is 1. The fraction of sp³-hybridized carbons (Fsp3) is 0.600. The van der Waals surface area contributed by atoms with E-state index >= 15 is 0 Å². The van der Waals surface area contributed by atoms with Crippen LogP contribution in [0.3, 0.4) is 0 Å². The Bertz CT molecular complexity index is 477. The van der Waals surface area contributed by atoms with Crippen molar-refractivity contribution in [2.24, 2.45) is 0 Å². The molecule has 0 aromatic carbocycles. The smallest absolute Gasteiger partial charge is 0.327 e. The van der Waals surface area contributed by atoms with Gasteiger partial charge in [-0.3, -0.25) is 0 Å². The van der Waals surface area contributed by atoms with E-state index in [-0.39, 0.29) is 12.6 Å². The van der Waals surface area contributed by atoms with Gasteiger partial charge in [-0.15, -0.1) is 22.0 Å². The number of rotatable bonds is 4. The largest absolute Gasteiger partial charge is 0.480 e.